The highest BCUT2D eigenvalue weighted by atomic mass is 17.3. The van der Waals surface area contributed by atoms with Crippen molar-refractivity contribution in [3.63, 3.8) is 0 Å². The molecule has 0 aliphatic heterocycles. The van der Waals surface area contributed by atoms with E-state index in [1.807, 2.05) is 6.92 Å². The molecule has 0 rings (SSSR count). The molecular formula is C16H34O4. The molecule has 0 aromatic heterocycles. The third kappa shape index (κ3) is 8.90. The minimum absolute atomic E-state index is 0.214. The first-order valence-corrected chi connectivity index (χ1v) is 8.21. The molecule has 0 radical (unpaired) electrons. The van der Waals surface area contributed by atoms with Gasteiger partial charge in [0.2, 0.25) is 5.79 Å². The molecule has 0 saturated heterocycles. The van der Waals surface area contributed by atoms with Crippen LogP contribution in [-0.4, -0.2) is 19.0 Å². The van der Waals surface area contributed by atoms with Gasteiger partial charge in [-0.2, -0.15) is 9.78 Å². The molecule has 122 valence electrons. The van der Waals surface area contributed by atoms with Crippen molar-refractivity contribution in [3.05, 3.63) is 0 Å². The maximum atomic E-state index is 5.52. The molecule has 4 nitrogen and oxygen atoms in total. The van der Waals surface area contributed by atoms with Gasteiger partial charge in [-0.1, -0.05) is 53.4 Å². The summed E-state index contributed by atoms with van der Waals surface area (Å²) in [5, 5.41) is 0. The van der Waals surface area contributed by atoms with Crippen LogP contribution in [0.3, 0.4) is 0 Å². The molecule has 0 aliphatic carbocycles. The molecular weight excluding hydrogens is 256 g/mol. The standard InChI is InChI=1S/C16H34O4/c1-6-9-12-15(4)16(5,19-17-13-10-7-2)20-18-14-11-8-3/h15H,6-14H2,1-5H3. The normalized spacial score (nSPS) is 13.7. The second-order valence-corrected chi connectivity index (χ2v) is 5.58. The van der Waals surface area contributed by atoms with Gasteiger partial charge < -0.3 is 0 Å². The molecule has 0 heterocycles. The van der Waals surface area contributed by atoms with Crippen LogP contribution >= 0.6 is 0 Å². The lowest BCUT2D eigenvalue weighted by Gasteiger charge is -2.32. The van der Waals surface area contributed by atoms with Crippen LogP contribution < -0.4 is 0 Å². The summed E-state index contributed by atoms with van der Waals surface area (Å²) >= 11 is 0. The van der Waals surface area contributed by atoms with Gasteiger partial charge in [0.25, 0.3) is 0 Å². The summed E-state index contributed by atoms with van der Waals surface area (Å²) in [6, 6.07) is 0. The summed E-state index contributed by atoms with van der Waals surface area (Å²) in [6.07, 6.45) is 7.47. The van der Waals surface area contributed by atoms with Crippen molar-refractivity contribution in [2.45, 2.75) is 85.4 Å². The summed E-state index contributed by atoms with van der Waals surface area (Å²) in [4.78, 5) is 21.6. The summed E-state index contributed by atoms with van der Waals surface area (Å²) in [5.74, 6) is -0.623. The van der Waals surface area contributed by atoms with E-state index in [0.29, 0.717) is 13.2 Å². The van der Waals surface area contributed by atoms with E-state index in [2.05, 4.69) is 27.7 Å². The smallest absolute Gasteiger partial charge is 0.233 e. The molecule has 1 atom stereocenters. The fraction of sp³-hybridized carbons (Fsp3) is 1.00. The Labute approximate surface area is 125 Å². The number of rotatable bonds is 14. The SMILES string of the molecule is CCCCOOC(C)(OOCCCC)C(C)CCCC. The number of hydrogen-bond acceptors (Lipinski definition) is 4. The van der Waals surface area contributed by atoms with Crippen molar-refractivity contribution in [2.75, 3.05) is 13.2 Å². The molecule has 0 amide bonds. The zero-order valence-electron chi connectivity index (χ0n) is 14.1. The first-order valence-electron chi connectivity index (χ1n) is 8.21. The lowest BCUT2D eigenvalue weighted by Crippen LogP contribution is -2.40. The average Bonchev–Trinajstić information content (AvgIpc) is 2.45. The molecule has 0 spiro atoms. The van der Waals surface area contributed by atoms with E-state index < -0.39 is 5.79 Å². The van der Waals surface area contributed by atoms with Crippen molar-refractivity contribution < 1.29 is 19.6 Å². The van der Waals surface area contributed by atoms with Gasteiger partial charge in [-0.3, -0.25) is 0 Å². The Morgan fingerprint density at radius 3 is 1.65 bits per heavy atom. The Bertz CT molecular complexity index is 197. The van der Waals surface area contributed by atoms with E-state index in [0.717, 1.165) is 44.9 Å². The van der Waals surface area contributed by atoms with Crippen LogP contribution in [0.15, 0.2) is 0 Å². The molecule has 0 aromatic carbocycles. The number of hydrogen-bond donors (Lipinski definition) is 0. The molecule has 0 N–H and O–H groups in total. The lowest BCUT2D eigenvalue weighted by molar-refractivity contribution is -0.518. The minimum Gasteiger partial charge on any atom is -0.234 e. The van der Waals surface area contributed by atoms with Crippen molar-refractivity contribution in [2.24, 2.45) is 5.92 Å². The highest BCUT2D eigenvalue weighted by molar-refractivity contribution is 4.69. The maximum absolute atomic E-state index is 5.52. The van der Waals surface area contributed by atoms with Gasteiger partial charge >= 0.3 is 0 Å². The third-order valence-electron chi connectivity index (χ3n) is 3.50. The van der Waals surface area contributed by atoms with Gasteiger partial charge in [-0.15, -0.1) is 0 Å². The molecule has 20 heavy (non-hydrogen) atoms. The van der Waals surface area contributed by atoms with Gasteiger partial charge in [0, 0.05) is 5.92 Å². The van der Waals surface area contributed by atoms with Crippen LogP contribution in [-0.2, 0) is 19.6 Å². The van der Waals surface area contributed by atoms with Gasteiger partial charge in [0.05, 0.1) is 13.2 Å². The topological polar surface area (TPSA) is 36.9 Å². The van der Waals surface area contributed by atoms with Gasteiger partial charge in [0.15, 0.2) is 0 Å². The van der Waals surface area contributed by atoms with Crippen molar-refractivity contribution in [3.8, 4) is 0 Å². The molecule has 0 aliphatic rings. The van der Waals surface area contributed by atoms with E-state index in [-0.39, 0.29) is 5.92 Å². The molecule has 1 unspecified atom stereocenters. The van der Waals surface area contributed by atoms with Crippen LogP contribution in [0.1, 0.15) is 79.6 Å². The monoisotopic (exact) mass is 290 g/mol. The minimum atomic E-state index is -0.837. The zero-order chi connectivity index (χ0) is 15.3. The third-order valence-corrected chi connectivity index (χ3v) is 3.50. The molecule has 0 fully saturated rings. The molecule has 0 aromatic rings. The van der Waals surface area contributed by atoms with E-state index in [1.54, 1.807) is 0 Å². The van der Waals surface area contributed by atoms with Crippen LogP contribution in [0.25, 0.3) is 0 Å². The Balaban J connectivity index is 4.25. The van der Waals surface area contributed by atoms with E-state index in [1.165, 1.54) is 0 Å². The lowest BCUT2D eigenvalue weighted by atomic mass is 9.96. The Morgan fingerprint density at radius 1 is 0.800 bits per heavy atom. The zero-order valence-corrected chi connectivity index (χ0v) is 14.1. The quantitative estimate of drug-likeness (QED) is 0.195. The van der Waals surface area contributed by atoms with Crippen LogP contribution in [0.5, 0.6) is 0 Å². The Hall–Kier alpha value is -0.160. The van der Waals surface area contributed by atoms with E-state index in [9.17, 15) is 0 Å². The highest BCUT2D eigenvalue weighted by Gasteiger charge is 2.36. The molecule has 0 bridgehead atoms. The second-order valence-electron chi connectivity index (χ2n) is 5.58. The summed E-state index contributed by atoms with van der Waals surface area (Å²) < 4.78 is 0. The second kappa shape index (κ2) is 12.6. The summed E-state index contributed by atoms with van der Waals surface area (Å²) in [5.41, 5.74) is 0. The van der Waals surface area contributed by atoms with Crippen molar-refractivity contribution in [1.82, 2.24) is 0 Å². The average molecular weight is 290 g/mol. The largest absolute Gasteiger partial charge is 0.234 e. The van der Waals surface area contributed by atoms with Gasteiger partial charge in [0.1, 0.15) is 0 Å². The molecule has 4 heteroatoms. The van der Waals surface area contributed by atoms with Crippen LogP contribution in [0, 0.1) is 5.92 Å². The Morgan fingerprint density at radius 2 is 1.25 bits per heavy atom. The summed E-state index contributed by atoms with van der Waals surface area (Å²) in [7, 11) is 0. The van der Waals surface area contributed by atoms with Gasteiger partial charge in [-0.25, -0.2) is 9.78 Å². The number of unbranched alkanes of at least 4 members (excludes halogenated alkanes) is 3. The van der Waals surface area contributed by atoms with E-state index in [4.69, 9.17) is 19.6 Å². The van der Waals surface area contributed by atoms with Gasteiger partial charge in [-0.05, 0) is 26.2 Å². The fourth-order valence-corrected chi connectivity index (χ4v) is 1.67. The first-order chi connectivity index (χ1) is 9.60. The summed E-state index contributed by atoms with van der Waals surface area (Å²) in [6.45, 7) is 11.6. The fourth-order valence-electron chi connectivity index (χ4n) is 1.67. The predicted molar refractivity (Wildman–Crippen MR) is 81.0 cm³/mol. The Kier molecular flexibility index (Phi) is 12.5. The first kappa shape index (κ1) is 19.8. The highest BCUT2D eigenvalue weighted by Crippen LogP contribution is 2.28. The predicted octanol–water partition coefficient (Wildman–Crippen LogP) is 5.03. The maximum Gasteiger partial charge on any atom is 0.233 e. The van der Waals surface area contributed by atoms with Crippen molar-refractivity contribution in [1.29, 1.82) is 0 Å². The van der Waals surface area contributed by atoms with Crippen LogP contribution in [0.4, 0.5) is 0 Å². The van der Waals surface area contributed by atoms with Crippen LogP contribution in [0.2, 0.25) is 0 Å². The molecule has 0 saturated carbocycles. The van der Waals surface area contributed by atoms with Crippen molar-refractivity contribution >= 4 is 0 Å². The van der Waals surface area contributed by atoms with E-state index >= 15 is 0 Å².